The first kappa shape index (κ1) is 93.0. The van der Waals surface area contributed by atoms with E-state index in [1.54, 1.807) is 104 Å². The van der Waals surface area contributed by atoms with Crippen molar-refractivity contribution in [2.24, 2.45) is 29.4 Å². The zero-order chi connectivity index (χ0) is 94.4. The van der Waals surface area contributed by atoms with Gasteiger partial charge in [0.15, 0.2) is 0 Å². The van der Waals surface area contributed by atoms with E-state index in [-0.39, 0.29) is 125 Å². The van der Waals surface area contributed by atoms with E-state index in [1.807, 2.05) is 47.3 Å². The smallest absolute Gasteiger partial charge is 0.306 e. The van der Waals surface area contributed by atoms with Gasteiger partial charge in [0.1, 0.15) is 63.7 Å². The van der Waals surface area contributed by atoms with Crippen LogP contribution in [-0.2, 0) is 38.4 Å². The van der Waals surface area contributed by atoms with Gasteiger partial charge >= 0.3 is 5.97 Å². The molecule has 0 radical (unpaired) electrons. The summed E-state index contributed by atoms with van der Waals surface area (Å²) in [5.41, 5.74) is 13.0. The molecule has 3 aromatic heterocycles. The summed E-state index contributed by atoms with van der Waals surface area (Å²) in [5.74, 6) is -2.43. The van der Waals surface area contributed by atoms with Gasteiger partial charge in [-0.05, 0) is 274 Å². The Hall–Kier alpha value is -14.2. The molecule has 35 heteroatoms. The van der Waals surface area contributed by atoms with Crippen molar-refractivity contribution in [3.63, 3.8) is 0 Å². The second-order valence-electron chi connectivity index (χ2n) is 33.6. The molecule has 0 spiro atoms. The normalized spacial score (nSPS) is 19.8. The molecule has 4 aliphatic carbocycles. The van der Waals surface area contributed by atoms with Crippen molar-refractivity contribution in [3.05, 3.63) is 285 Å². The van der Waals surface area contributed by atoms with Crippen molar-refractivity contribution >= 4 is 114 Å². The fourth-order valence-corrected chi connectivity index (χ4v) is 17.1. The quantitative estimate of drug-likeness (QED) is 0.0275. The summed E-state index contributed by atoms with van der Waals surface area (Å²) in [5, 5.41) is 38.1. The minimum absolute atomic E-state index is 0.0185. The molecule has 692 valence electrons. The van der Waals surface area contributed by atoms with Gasteiger partial charge in [0.05, 0.1) is 129 Å². The lowest BCUT2D eigenvalue weighted by Gasteiger charge is -2.30. The summed E-state index contributed by atoms with van der Waals surface area (Å²) < 4.78 is 125. The maximum absolute atomic E-state index is 15.2. The van der Waals surface area contributed by atoms with Crippen LogP contribution >= 0.6 is 22.6 Å². The van der Waals surface area contributed by atoms with Gasteiger partial charge in [-0.15, -0.1) is 0 Å². The molecule has 7 amide bonds. The second kappa shape index (κ2) is 40.5. The lowest BCUT2D eigenvalue weighted by Crippen LogP contribution is -2.41. The molecule has 134 heavy (non-hydrogen) atoms. The van der Waals surface area contributed by atoms with Gasteiger partial charge in [-0.25, -0.2) is 44.8 Å². The average molecular weight is 1950 g/mol. The van der Waals surface area contributed by atoms with E-state index in [2.05, 4.69) is 70.5 Å². The summed E-state index contributed by atoms with van der Waals surface area (Å²) in [4.78, 5) is 99.5. The van der Waals surface area contributed by atoms with Crippen molar-refractivity contribution in [1.82, 2.24) is 55.9 Å². The third kappa shape index (κ3) is 21.4. The SMILES string of the molecule is COc1ccc(F)c(C2NC(=O)C[C@@H]2N)c1.COc1ccc(F)c(C2NC(=O)C[C@@H]2NC(=O)C2CC2)c1.COc1ccc(F)c([C@@H]2[C@@H](NC(=O)C3CC3)CC(=O)N2c2ccc3c(cnn3-c3ccc(F)cc3)c2)c1.COc1ccc(F)c([C@H]2[C@H](NC(=O)C3CC3)CC(=O)N2c2ccc3c(cnn3-c3ccc(F)cc3)c2)c1.Fc1ccc(-n2ncc3cc(I)ccc32)cc1.O=C(O)C1CC1. The molecular weight excluding hydrogens is 1850 g/mol. The highest BCUT2D eigenvalue weighted by Crippen LogP contribution is 2.45. The fourth-order valence-electron chi connectivity index (χ4n) is 16.6. The summed E-state index contributed by atoms with van der Waals surface area (Å²) in [7, 11) is 5.99. The Morgan fingerprint density at radius 2 is 0.694 bits per heavy atom. The van der Waals surface area contributed by atoms with E-state index in [0.717, 1.165) is 89.8 Å². The molecule has 0 bridgehead atoms. The van der Waals surface area contributed by atoms with Crippen molar-refractivity contribution in [2.75, 3.05) is 38.2 Å². The van der Waals surface area contributed by atoms with Gasteiger partial charge in [-0.1, -0.05) is 0 Å². The zero-order valence-electron chi connectivity index (χ0n) is 72.7. The molecule has 8 fully saturated rings. The van der Waals surface area contributed by atoms with Crippen LogP contribution in [0.1, 0.15) is 123 Å². The summed E-state index contributed by atoms with van der Waals surface area (Å²) in [6, 6.07) is 48.3. The molecule has 27 nitrogen and oxygen atoms in total. The summed E-state index contributed by atoms with van der Waals surface area (Å²) in [6.07, 6.45) is 12.5. The topological polar surface area (TPSA) is 340 Å². The number of aromatic nitrogens is 6. The van der Waals surface area contributed by atoms with E-state index in [9.17, 15) is 60.3 Å². The molecule has 4 saturated carbocycles. The van der Waals surface area contributed by atoms with Crippen molar-refractivity contribution < 1.29 is 93.1 Å². The van der Waals surface area contributed by atoms with Crippen LogP contribution in [0, 0.1) is 68.0 Å². The van der Waals surface area contributed by atoms with Crippen molar-refractivity contribution in [1.29, 1.82) is 0 Å². The third-order valence-corrected chi connectivity index (χ3v) is 24.9. The van der Waals surface area contributed by atoms with E-state index < -0.39 is 71.8 Å². The zero-order valence-corrected chi connectivity index (χ0v) is 74.9. The molecule has 4 aliphatic heterocycles. The average Bonchev–Trinajstić information content (AvgIpc) is 1.74. The Kier molecular flexibility index (Phi) is 28.1. The Balaban J connectivity index is 0.000000125. The first-order valence-corrected chi connectivity index (χ1v) is 44.5. The van der Waals surface area contributed by atoms with E-state index in [1.165, 1.54) is 117 Å². The van der Waals surface area contributed by atoms with Crippen molar-refractivity contribution in [2.45, 2.75) is 125 Å². The predicted molar refractivity (Wildman–Crippen MR) is 491 cm³/mol. The first-order chi connectivity index (χ1) is 64.6. The molecule has 4 saturated heterocycles. The van der Waals surface area contributed by atoms with Crippen LogP contribution in [0.15, 0.2) is 219 Å². The number of amides is 7. The van der Waals surface area contributed by atoms with Gasteiger partial charge in [-0.3, -0.25) is 38.4 Å². The molecule has 21 rings (SSSR count). The number of rotatable bonds is 20. The third-order valence-electron chi connectivity index (χ3n) is 24.2. The Labute approximate surface area is 777 Å². The van der Waals surface area contributed by atoms with E-state index in [0.29, 0.717) is 56.9 Å². The van der Waals surface area contributed by atoms with Crippen LogP contribution in [-0.4, -0.2) is 134 Å². The summed E-state index contributed by atoms with van der Waals surface area (Å²) >= 11 is 2.27. The molecule has 10 aromatic carbocycles. The molecule has 2 unspecified atom stereocenters. The number of hydrogen-bond donors (Lipinski definition) is 7. The highest BCUT2D eigenvalue weighted by Gasteiger charge is 2.48. The Morgan fingerprint density at radius 1 is 0.381 bits per heavy atom. The van der Waals surface area contributed by atoms with Gasteiger partial charge < -0.3 is 66.2 Å². The minimum Gasteiger partial charge on any atom is -0.497 e. The number of carboxylic acids is 1. The number of halogens is 8. The number of nitrogens with two attached hydrogens (primary N) is 1. The lowest BCUT2D eigenvalue weighted by molar-refractivity contribution is -0.138. The molecule has 8 atom stereocenters. The number of benzene rings is 10. The van der Waals surface area contributed by atoms with Crippen LogP contribution in [0.3, 0.4) is 0 Å². The largest absolute Gasteiger partial charge is 0.497 e. The number of hydrogen-bond acceptors (Lipinski definition) is 16. The number of nitrogens with one attached hydrogen (secondary N) is 5. The highest BCUT2D eigenvalue weighted by molar-refractivity contribution is 14.1. The van der Waals surface area contributed by atoms with Gasteiger partial charge in [-0.2, -0.15) is 15.3 Å². The number of carbonyl (C=O) groups is 8. The highest BCUT2D eigenvalue weighted by atomic mass is 127. The number of carboxylic acid groups (broad SMARTS) is 1. The van der Waals surface area contributed by atoms with Crippen LogP contribution in [0.5, 0.6) is 23.0 Å². The van der Waals surface area contributed by atoms with Gasteiger partial charge in [0.25, 0.3) is 0 Å². The monoisotopic (exact) mass is 1940 g/mol. The molecule has 8 aliphatic rings. The van der Waals surface area contributed by atoms with E-state index in [4.69, 9.17) is 29.8 Å². The molecule has 13 aromatic rings. The number of ether oxygens (including phenoxy) is 4. The fraction of sp³-hybridized carbons (Fsp3) is 0.283. The Bertz CT molecular complexity index is 6380. The standard InChI is InChI=1S/2C28H24F2N4O3.C15H17FN2O3.C13H8FIN2.C11H13FN2O2.C4H6O2/c2*1-37-21-9-10-23(30)22(13-21)27-24(32-28(36)16-2-3-16)14-26(35)33(27)20-8-11-25-17(12-20)15-31-34(25)19-6-4-18(29)5-7-19;1-21-9-4-5-11(16)10(6-9)14-12(7-13(19)18-14)17-15(20)8-2-3-8;14-10-1-4-12(5-2-10)17-13-6-3-11(15)7-9(13)8-16-17;1-16-6-2-3-8(12)7(4-6)11-9(13)5-10(15)14-11;5-4(6)3-1-2-3/h2*4-13,15-16,24,27H,2-3,14H2,1H3,(H,32,36);4-6,8,12,14H,2-3,7H2,1H3,(H,17,20)(H,18,19);1-8H;2-4,9,11H,5,13H2,1H3,(H,14,15);3H,1-2H2,(H,5,6)/t2*24-,27+;12-,14?;;9-,11?;/m100.0./s1. The molecule has 7 heterocycles. The van der Waals surface area contributed by atoms with Crippen LogP contribution in [0.25, 0.3) is 49.8 Å². The number of anilines is 2. The maximum Gasteiger partial charge on any atom is 0.306 e. The van der Waals surface area contributed by atoms with Gasteiger partial charge in [0.2, 0.25) is 41.4 Å². The predicted octanol–water partition coefficient (Wildman–Crippen LogP) is 15.6. The maximum atomic E-state index is 15.2. The number of nitrogens with zero attached hydrogens (tertiary/aromatic N) is 8. The number of aliphatic carboxylic acids is 1. The van der Waals surface area contributed by atoms with Crippen LogP contribution < -0.4 is 61.1 Å². The summed E-state index contributed by atoms with van der Waals surface area (Å²) in [6.45, 7) is 0. The van der Waals surface area contributed by atoms with Crippen LogP contribution in [0.4, 0.5) is 42.1 Å². The number of fused-ring (bicyclic) bond motifs is 3. The number of methoxy groups -OCH3 is 4. The van der Waals surface area contributed by atoms with E-state index >= 15 is 8.78 Å². The molecular formula is C99H92F7IN14O13. The Morgan fingerprint density at radius 3 is 1.03 bits per heavy atom. The van der Waals surface area contributed by atoms with Crippen LogP contribution in [0.2, 0.25) is 0 Å². The van der Waals surface area contributed by atoms with Crippen molar-refractivity contribution in [3.8, 4) is 40.1 Å². The number of carbonyl (C=O) groups excluding carboxylic acids is 7. The second-order valence-corrected chi connectivity index (χ2v) is 34.9. The lowest BCUT2D eigenvalue weighted by atomic mass is 9.98. The minimum atomic E-state index is -0.755. The molecule has 8 N–H and O–H groups in total. The van der Waals surface area contributed by atoms with Gasteiger partial charge in [0, 0.05) is 103 Å². The first-order valence-electron chi connectivity index (χ1n) is 43.4.